The van der Waals surface area contributed by atoms with Gasteiger partial charge in [-0.15, -0.1) is 0 Å². The maximum absolute atomic E-state index is 11.2. The number of carboxylic acid groups (broad SMARTS) is 1. The number of hydrogen-bond donors (Lipinski definition) is 1. The first-order chi connectivity index (χ1) is 8.08. The summed E-state index contributed by atoms with van der Waals surface area (Å²) in [6, 6.07) is 7.81. The van der Waals surface area contributed by atoms with Gasteiger partial charge < -0.3 is 15.2 Å². The molecule has 0 aliphatic heterocycles. The summed E-state index contributed by atoms with van der Waals surface area (Å²) in [6.07, 6.45) is 0.458. The smallest absolute Gasteiger partial charge is 0.220 e. The number of carbonyl (C=O) groups is 2. The zero-order chi connectivity index (χ0) is 12.7. The summed E-state index contributed by atoms with van der Waals surface area (Å²) in [4.78, 5) is 21.3. The fourth-order valence-electron chi connectivity index (χ4n) is 1.34. The molecule has 0 aromatic heterocycles. The molecule has 0 atom stereocenters. The van der Waals surface area contributed by atoms with Crippen LogP contribution in [0.25, 0.3) is 0 Å². The zero-order valence-corrected chi connectivity index (χ0v) is 10.8. The van der Waals surface area contributed by atoms with Gasteiger partial charge in [0.05, 0.1) is 0 Å². The van der Waals surface area contributed by atoms with Gasteiger partial charge in [-0.1, -0.05) is 28.1 Å². The molecule has 1 amide bonds. The van der Waals surface area contributed by atoms with Gasteiger partial charge in [0.25, 0.3) is 0 Å². The summed E-state index contributed by atoms with van der Waals surface area (Å²) in [5.41, 5.74) is 1.11. The summed E-state index contributed by atoms with van der Waals surface area (Å²) >= 11 is 3.36. The highest BCUT2D eigenvalue weighted by molar-refractivity contribution is 9.10. The Morgan fingerprint density at radius 2 is 2.06 bits per heavy atom. The molecule has 0 saturated heterocycles. The lowest BCUT2D eigenvalue weighted by atomic mass is 10.1. The fraction of sp³-hybridized carbons (Fsp3) is 0.333. The predicted octanol–water partition coefficient (Wildman–Crippen LogP) is 0.638. The largest absolute Gasteiger partial charge is 0.550 e. The van der Waals surface area contributed by atoms with E-state index in [4.69, 9.17) is 0 Å². The number of rotatable bonds is 6. The van der Waals surface area contributed by atoms with Crippen LogP contribution in [-0.4, -0.2) is 18.4 Å². The summed E-state index contributed by atoms with van der Waals surface area (Å²) < 4.78 is 0.998. The summed E-state index contributed by atoms with van der Waals surface area (Å²) in [6.45, 7) is 0.502. The summed E-state index contributed by atoms with van der Waals surface area (Å²) in [7, 11) is 0. The highest BCUT2D eigenvalue weighted by Gasteiger charge is 2.01. The van der Waals surface area contributed by atoms with Gasteiger partial charge in [0, 0.05) is 23.4 Å². The molecule has 0 aliphatic carbocycles. The lowest BCUT2D eigenvalue weighted by molar-refractivity contribution is -0.305. The van der Waals surface area contributed by atoms with Crippen LogP contribution in [0.4, 0.5) is 0 Å². The third kappa shape index (κ3) is 6.06. The van der Waals surface area contributed by atoms with Gasteiger partial charge in [-0.2, -0.15) is 0 Å². The van der Waals surface area contributed by atoms with Crippen LogP contribution in [0, 0.1) is 0 Å². The van der Waals surface area contributed by atoms with Crippen molar-refractivity contribution >= 4 is 27.8 Å². The van der Waals surface area contributed by atoms with Gasteiger partial charge in [0.2, 0.25) is 5.91 Å². The van der Waals surface area contributed by atoms with E-state index in [1.165, 1.54) is 0 Å². The standard InChI is InChI=1S/C12H14BrNO3/c13-10-3-1-2-9(8-10)6-7-14-11(15)4-5-12(16)17/h1-3,8H,4-7H2,(H,14,15)(H,16,17)/p-1. The first kappa shape index (κ1) is 13.7. The second-order valence-corrected chi connectivity index (χ2v) is 4.52. The first-order valence-electron chi connectivity index (χ1n) is 5.29. The van der Waals surface area contributed by atoms with Gasteiger partial charge in [-0.3, -0.25) is 4.79 Å². The van der Waals surface area contributed by atoms with Crippen molar-refractivity contribution in [3.05, 3.63) is 34.3 Å². The Labute approximate surface area is 108 Å². The molecule has 0 aliphatic rings. The van der Waals surface area contributed by atoms with Crippen molar-refractivity contribution in [3.8, 4) is 0 Å². The van der Waals surface area contributed by atoms with Crippen molar-refractivity contribution in [3.63, 3.8) is 0 Å². The lowest BCUT2D eigenvalue weighted by Crippen LogP contribution is -2.29. The molecule has 0 fully saturated rings. The summed E-state index contributed by atoms with van der Waals surface area (Å²) in [5, 5.41) is 12.8. The molecule has 1 rings (SSSR count). The molecule has 0 heterocycles. The minimum atomic E-state index is -1.20. The number of carbonyl (C=O) groups excluding carboxylic acids is 2. The number of carboxylic acids is 1. The Hall–Kier alpha value is -1.36. The first-order valence-corrected chi connectivity index (χ1v) is 6.08. The quantitative estimate of drug-likeness (QED) is 0.838. The van der Waals surface area contributed by atoms with E-state index in [0.717, 1.165) is 16.5 Å². The van der Waals surface area contributed by atoms with Crippen LogP contribution in [0.2, 0.25) is 0 Å². The van der Waals surface area contributed by atoms with Crippen molar-refractivity contribution in [1.82, 2.24) is 5.32 Å². The molecule has 1 aromatic carbocycles. The van der Waals surface area contributed by atoms with Gasteiger partial charge in [0.1, 0.15) is 0 Å². The van der Waals surface area contributed by atoms with Crippen molar-refractivity contribution < 1.29 is 14.7 Å². The molecular weight excluding hydrogens is 286 g/mol. The average Bonchev–Trinajstić information content (AvgIpc) is 2.26. The van der Waals surface area contributed by atoms with Gasteiger partial charge in [-0.05, 0) is 30.5 Å². The number of halogens is 1. The van der Waals surface area contributed by atoms with Crippen molar-refractivity contribution in [2.45, 2.75) is 19.3 Å². The molecule has 0 radical (unpaired) electrons. The minimum absolute atomic E-state index is 0.0270. The van der Waals surface area contributed by atoms with E-state index in [1.807, 2.05) is 24.3 Å². The topological polar surface area (TPSA) is 69.2 Å². The summed E-state index contributed by atoms with van der Waals surface area (Å²) in [5.74, 6) is -1.46. The molecule has 1 aromatic rings. The zero-order valence-electron chi connectivity index (χ0n) is 9.24. The van der Waals surface area contributed by atoms with Crippen LogP contribution in [0.15, 0.2) is 28.7 Å². The predicted molar refractivity (Wildman–Crippen MR) is 65.1 cm³/mol. The number of aliphatic carboxylic acids is 1. The van der Waals surface area contributed by atoms with Crippen molar-refractivity contribution in [2.24, 2.45) is 0 Å². The average molecular weight is 299 g/mol. The van der Waals surface area contributed by atoms with Crippen molar-refractivity contribution in [2.75, 3.05) is 6.54 Å². The van der Waals surface area contributed by atoms with Gasteiger partial charge >= 0.3 is 0 Å². The van der Waals surface area contributed by atoms with E-state index >= 15 is 0 Å². The normalized spacial score (nSPS) is 9.94. The second kappa shape index (κ2) is 7.06. The SMILES string of the molecule is O=C([O-])CCC(=O)NCCc1cccc(Br)c1. The molecule has 5 heteroatoms. The number of benzene rings is 1. The lowest BCUT2D eigenvalue weighted by Gasteiger charge is -2.06. The van der Waals surface area contributed by atoms with E-state index in [-0.39, 0.29) is 18.7 Å². The minimum Gasteiger partial charge on any atom is -0.550 e. The Morgan fingerprint density at radius 1 is 1.29 bits per heavy atom. The highest BCUT2D eigenvalue weighted by Crippen LogP contribution is 2.11. The molecule has 92 valence electrons. The van der Waals surface area contributed by atoms with Crippen LogP contribution < -0.4 is 10.4 Å². The third-order valence-electron chi connectivity index (χ3n) is 2.18. The Morgan fingerprint density at radius 3 is 2.71 bits per heavy atom. The van der Waals surface area contributed by atoms with E-state index in [9.17, 15) is 14.7 Å². The molecule has 0 bridgehead atoms. The van der Waals surface area contributed by atoms with E-state index in [2.05, 4.69) is 21.2 Å². The molecule has 0 unspecified atom stereocenters. The molecule has 4 nitrogen and oxygen atoms in total. The van der Waals surface area contributed by atoms with E-state index < -0.39 is 5.97 Å². The van der Waals surface area contributed by atoms with Crippen LogP contribution in [-0.2, 0) is 16.0 Å². The number of hydrogen-bond acceptors (Lipinski definition) is 3. The maximum atomic E-state index is 11.2. The maximum Gasteiger partial charge on any atom is 0.220 e. The number of nitrogens with one attached hydrogen (secondary N) is 1. The fourth-order valence-corrected chi connectivity index (χ4v) is 1.79. The molecular formula is C12H13BrNO3-. The Balaban J connectivity index is 2.23. The molecule has 0 saturated carbocycles. The molecule has 0 spiro atoms. The number of amides is 1. The Kier molecular flexibility index (Phi) is 5.69. The highest BCUT2D eigenvalue weighted by atomic mass is 79.9. The Bertz CT molecular complexity index is 406. The van der Waals surface area contributed by atoms with Gasteiger partial charge in [0.15, 0.2) is 0 Å². The third-order valence-corrected chi connectivity index (χ3v) is 2.67. The van der Waals surface area contributed by atoms with Crippen LogP contribution >= 0.6 is 15.9 Å². The van der Waals surface area contributed by atoms with E-state index in [1.54, 1.807) is 0 Å². The van der Waals surface area contributed by atoms with Gasteiger partial charge in [-0.25, -0.2) is 0 Å². The van der Waals surface area contributed by atoms with Crippen LogP contribution in [0.1, 0.15) is 18.4 Å². The molecule has 1 N–H and O–H groups in total. The van der Waals surface area contributed by atoms with E-state index in [0.29, 0.717) is 6.54 Å². The molecule has 17 heavy (non-hydrogen) atoms. The second-order valence-electron chi connectivity index (χ2n) is 3.60. The van der Waals surface area contributed by atoms with Crippen LogP contribution in [0.5, 0.6) is 0 Å². The van der Waals surface area contributed by atoms with Crippen LogP contribution in [0.3, 0.4) is 0 Å². The van der Waals surface area contributed by atoms with Crippen molar-refractivity contribution in [1.29, 1.82) is 0 Å². The monoisotopic (exact) mass is 298 g/mol.